The monoisotopic (exact) mass is 252 g/mol. The van der Waals surface area contributed by atoms with Gasteiger partial charge in [0.1, 0.15) is 0 Å². The van der Waals surface area contributed by atoms with Crippen molar-refractivity contribution in [2.45, 2.75) is 26.3 Å². The molecular formula is C14H21ClN2. The molecule has 1 aromatic carbocycles. The Kier molecular flexibility index (Phi) is 4.43. The smallest absolute Gasteiger partial charge is 0.0453 e. The van der Waals surface area contributed by atoms with E-state index in [4.69, 9.17) is 17.3 Å². The van der Waals surface area contributed by atoms with Crippen molar-refractivity contribution in [3.05, 3.63) is 34.3 Å². The third-order valence-corrected chi connectivity index (χ3v) is 4.04. The Morgan fingerprint density at radius 1 is 1.47 bits per heavy atom. The molecule has 0 saturated carbocycles. The fraction of sp³-hybridized carbons (Fsp3) is 0.571. The van der Waals surface area contributed by atoms with E-state index in [9.17, 15) is 0 Å². The van der Waals surface area contributed by atoms with Crippen molar-refractivity contribution in [2.24, 2.45) is 11.7 Å². The summed E-state index contributed by atoms with van der Waals surface area (Å²) in [6.07, 6.45) is 2.27. The van der Waals surface area contributed by atoms with Crippen LogP contribution in [-0.2, 0) is 13.0 Å². The summed E-state index contributed by atoms with van der Waals surface area (Å²) in [5, 5.41) is 0.903. The Hall–Kier alpha value is -0.570. The molecular weight excluding hydrogens is 232 g/mol. The number of nitrogens with zero attached hydrogens (tertiary/aromatic N) is 1. The summed E-state index contributed by atoms with van der Waals surface area (Å²) in [7, 11) is 0. The molecule has 2 nitrogen and oxygen atoms in total. The largest absolute Gasteiger partial charge is 0.330 e. The van der Waals surface area contributed by atoms with Gasteiger partial charge < -0.3 is 5.73 Å². The second-order valence-electron chi connectivity index (χ2n) is 4.86. The minimum atomic E-state index is 0.669. The zero-order chi connectivity index (χ0) is 12.3. The number of likely N-dealkylation sites (tertiary alicyclic amines) is 1. The number of halogens is 1. The van der Waals surface area contributed by atoms with Gasteiger partial charge in [-0.15, -0.1) is 0 Å². The van der Waals surface area contributed by atoms with Crippen LogP contribution in [0.4, 0.5) is 0 Å². The molecule has 1 aliphatic heterocycles. The Morgan fingerprint density at radius 3 is 2.94 bits per heavy atom. The molecule has 2 rings (SSSR count). The summed E-state index contributed by atoms with van der Waals surface area (Å²) < 4.78 is 0. The summed E-state index contributed by atoms with van der Waals surface area (Å²) in [5.41, 5.74) is 8.39. The number of hydrogen-bond acceptors (Lipinski definition) is 2. The van der Waals surface area contributed by atoms with Crippen molar-refractivity contribution >= 4 is 11.6 Å². The van der Waals surface area contributed by atoms with Gasteiger partial charge in [-0.1, -0.05) is 30.7 Å². The van der Waals surface area contributed by atoms with Gasteiger partial charge in [0.05, 0.1) is 0 Å². The van der Waals surface area contributed by atoms with Crippen molar-refractivity contribution in [2.75, 3.05) is 19.6 Å². The quantitative estimate of drug-likeness (QED) is 0.893. The van der Waals surface area contributed by atoms with Crippen LogP contribution in [0.1, 0.15) is 24.5 Å². The molecule has 0 aliphatic carbocycles. The highest BCUT2D eigenvalue weighted by molar-refractivity contribution is 6.31. The van der Waals surface area contributed by atoms with E-state index in [-0.39, 0.29) is 0 Å². The fourth-order valence-electron chi connectivity index (χ4n) is 2.58. The standard InChI is InChI=1S/C14H21ClN2/c1-2-12-4-3-5-14(15)13(12)10-17-7-6-11(8-16)9-17/h3-5,11H,2,6-10,16H2,1H3. The normalized spacial score (nSPS) is 21.0. The van der Waals surface area contributed by atoms with E-state index in [2.05, 4.69) is 17.9 Å². The van der Waals surface area contributed by atoms with Crippen LogP contribution in [0.15, 0.2) is 18.2 Å². The zero-order valence-corrected chi connectivity index (χ0v) is 11.2. The van der Waals surface area contributed by atoms with Crippen molar-refractivity contribution < 1.29 is 0 Å². The van der Waals surface area contributed by atoms with Crippen molar-refractivity contribution in [1.29, 1.82) is 0 Å². The summed E-state index contributed by atoms with van der Waals surface area (Å²) in [5.74, 6) is 0.669. The van der Waals surface area contributed by atoms with Crippen molar-refractivity contribution in [1.82, 2.24) is 4.90 Å². The lowest BCUT2D eigenvalue weighted by molar-refractivity contribution is 0.317. The molecule has 2 N–H and O–H groups in total. The van der Waals surface area contributed by atoms with Crippen molar-refractivity contribution in [3.8, 4) is 0 Å². The Bertz CT molecular complexity index is 378. The van der Waals surface area contributed by atoms with E-state index >= 15 is 0 Å². The molecule has 0 aromatic heterocycles. The number of nitrogens with two attached hydrogens (primary N) is 1. The molecule has 3 heteroatoms. The Labute approximate surface area is 109 Å². The maximum Gasteiger partial charge on any atom is 0.0453 e. The SMILES string of the molecule is CCc1cccc(Cl)c1CN1CCC(CN)C1. The molecule has 1 aromatic rings. The Balaban J connectivity index is 2.08. The van der Waals surface area contributed by atoms with Crippen LogP contribution >= 0.6 is 11.6 Å². The van der Waals surface area contributed by atoms with Crippen LogP contribution < -0.4 is 5.73 Å². The molecule has 0 radical (unpaired) electrons. The first-order chi connectivity index (χ1) is 8.24. The van der Waals surface area contributed by atoms with Gasteiger partial charge in [-0.2, -0.15) is 0 Å². The van der Waals surface area contributed by atoms with Gasteiger partial charge in [0, 0.05) is 18.1 Å². The third-order valence-electron chi connectivity index (χ3n) is 3.68. The van der Waals surface area contributed by atoms with E-state index in [1.165, 1.54) is 17.5 Å². The van der Waals surface area contributed by atoms with E-state index in [1.54, 1.807) is 0 Å². The second kappa shape index (κ2) is 5.85. The maximum atomic E-state index is 6.31. The van der Waals surface area contributed by atoms with Crippen LogP contribution in [-0.4, -0.2) is 24.5 Å². The summed E-state index contributed by atoms with van der Waals surface area (Å²) in [6, 6.07) is 6.21. The summed E-state index contributed by atoms with van der Waals surface area (Å²) in [6.45, 7) is 6.22. The molecule has 17 heavy (non-hydrogen) atoms. The molecule has 1 heterocycles. The highest BCUT2D eigenvalue weighted by Crippen LogP contribution is 2.25. The minimum absolute atomic E-state index is 0.669. The van der Waals surface area contributed by atoms with Crippen LogP contribution in [0.25, 0.3) is 0 Å². The van der Waals surface area contributed by atoms with Gasteiger partial charge in [-0.05, 0) is 49.0 Å². The first-order valence-electron chi connectivity index (χ1n) is 6.43. The van der Waals surface area contributed by atoms with Crippen LogP contribution in [0, 0.1) is 5.92 Å². The maximum absolute atomic E-state index is 6.31. The molecule has 0 bridgehead atoms. The van der Waals surface area contributed by atoms with Gasteiger partial charge in [-0.25, -0.2) is 0 Å². The lowest BCUT2D eigenvalue weighted by Gasteiger charge is -2.19. The molecule has 1 aliphatic rings. The zero-order valence-electron chi connectivity index (χ0n) is 10.5. The van der Waals surface area contributed by atoms with E-state index in [0.717, 1.165) is 37.6 Å². The molecule has 0 spiro atoms. The minimum Gasteiger partial charge on any atom is -0.330 e. The van der Waals surface area contributed by atoms with Gasteiger partial charge >= 0.3 is 0 Å². The van der Waals surface area contributed by atoms with Crippen LogP contribution in [0.3, 0.4) is 0 Å². The van der Waals surface area contributed by atoms with Crippen molar-refractivity contribution in [3.63, 3.8) is 0 Å². The van der Waals surface area contributed by atoms with Gasteiger partial charge in [0.2, 0.25) is 0 Å². The first kappa shape index (κ1) is 12.9. The fourth-order valence-corrected chi connectivity index (χ4v) is 2.84. The lowest BCUT2D eigenvalue weighted by atomic mass is 10.0. The number of rotatable bonds is 4. The number of hydrogen-bond donors (Lipinski definition) is 1. The first-order valence-corrected chi connectivity index (χ1v) is 6.81. The summed E-state index contributed by atoms with van der Waals surface area (Å²) in [4.78, 5) is 2.47. The molecule has 1 fully saturated rings. The highest BCUT2D eigenvalue weighted by atomic mass is 35.5. The van der Waals surface area contributed by atoms with E-state index in [1.807, 2.05) is 12.1 Å². The topological polar surface area (TPSA) is 29.3 Å². The Morgan fingerprint density at radius 2 is 2.29 bits per heavy atom. The summed E-state index contributed by atoms with van der Waals surface area (Å²) >= 11 is 6.31. The van der Waals surface area contributed by atoms with E-state index < -0.39 is 0 Å². The van der Waals surface area contributed by atoms with Gasteiger partial charge in [0.25, 0.3) is 0 Å². The molecule has 1 saturated heterocycles. The average Bonchev–Trinajstić information content (AvgIpc) is 2.79. The van der Waals surface area contributed by atoms with Crippen LogP contribution in [0.5, 0.6) is 0 Å². The van der Waals surface area contributed by atoms with Gasteiger partial charge in [0.15, 0.2) is 0 Å². The lowest BCUT2D eigenvalue weighted by Crippen LogP contribution is -2.23. The molecule has 1 unspecified atom stereocenters. The van der Waals surface area contributed by atoms with E-state index in [0.29, 0.717) is 5.92 Å². The average molecular weight is 253 g/mol. The number of benzene rings is 1. The highest BCUT2D eigenvalue weighted by Gasteiger charge is 2.22. The van der Waals surface area contributed by atoms with Crippen LogP contribution in [0.2, 0.25) is 5.02 Å². The molecule has 1 atom stereocenters. The van der Waals surface area contributed by atoms with Gasteiger partial charge in [-0.3, -0.25) is 4.90 Å². The third kappa shape index (κ3) is 3.01. The number of aryl methyl sites for hydroxylation is 1. The predicted octanol–water partition coefficient (Wildman–Crippen LogP) is 2.68. The molecule has 0 amide bonds. The second-order valence-corrected chi connectivity index (χ2v) is 5.26. The molecule has 94 valence electrons. The predicted molar refractivity (Wildman–Crippen MR) is 73.3 cm³/mol.